The van der Waals surface area contributed by atoms with E-state index in [0.717, 1.165) is 36.1 Å². The Hall–Kier alpha value is -3.52. The molecule has 1 atom stereocenters. The minimum atomic E-state index is -0.299. The monoisotopic (exact) mass is 476 g/mol. The number of rotatable bonds is 5. The number of amides is 1. The smallest absolute Gasteiger partial charge is 0.270 e. The second kappa shape index (κ2) is 9.38. The van der Waals surface area contributed by atoms with Crippen molar-refractivity contribution in [1.82, 2.24) is 15.3 Å². The number of aryl methyl sites for hydroxylation is 1. The lowest BCUT2D eigenvalue weighted by Crippen LogP contribution is -2.44. The highest BCUT2D eigenvalue weighted by atomic mass is 32.1. The molecule has 4 aromatic rings. The first kappa shape index (κ1) is 22.3. The van der Waals surface area contributed by atoms with Crippen LogP contribution in [0.2, 0.25) is 0 Å². The van der Waals surface area contributed by atoms with Crippen LogP contribution in [0.15, 0.2) is 58.7 Å². The molecule has 1 fully saturated rings. The number of halogens is 1. The van der Waals surface area contributed by atoms with E-state index in [0.29, 0.717) is 29.3 Å². The van der Waals surface area contributed by atoms with Crippen LogP contribution in [-0.2, 0) is 11.3 Å². The Morgan fingerprint density at radius 2 is 1.97 bits per heavy atom. The van der Waals surface area contributed by atoms with Gasteiger partial charge in [0.25, 0.3) is 5.56 Å². The van der Waals surface area contributed by atoms with Gasteiger partial charge in [0.05, 0.1) is 11.4 Å². The second-order valence-corrected chi connectivity index (χ2v) is 9.59. The predicted octanol–water partition coefficient (Wildman–Crippen LogP) is 4.63. The number of aromatic amines is 1. The number of hydrogen-bond acceptors (Lipinski definition) is 5. The first-order valence-corrected chi connectivity index (χ1v) is 12.2. The van der Waals surface area contributed by atoms with E-state index in [1.165, 1.54) is 29.0 Å². The predicted molar refractivity (Wildman–Crippen MR) is 134 cm³/mol. The highest BCUT2D eigenvalue weighted by molar-refractivity contribution is 7.17. The van der Waals surface area contributed by atoms with Gasteiger partial charge in [-0.1, -0.05) is 42.0 Å². The number of hydrogen-bond donors (Lipinski definition) is 2. The number of aromatic nitrogens is 2. The molecule has 0 spiro atoms. The zero-order valence-corrected chi connectivity index (χ0v) is 19.6. The molecule has 34 heavy (non-hydrogen) atoms. The third-order valence-corrected chi connectivity index (χ3v) is 7.22. The van der Waals surface area contributed by atoms with Crippen LogP contribution < -0.4 is 15.8 Å². The fourth-order valence-corrected chi connectivity index (χ4v) is 5.23. The number of H-pyrrole nitrogens is 1. The number of carbonyl (C=O) groups excluding carboxylic acids is 1. The van der Waals surface area contributed by atoms with Crippen molar-refractivity contribution in [1.29, 1.82) is 0 Å². The zero-order valence-electron chi connectivity index (χ0n) is 18.8. The summed E-state index contributed by atoms with van der Waals surface area (Å²) in [5, 5.41) is 4.93. The minimum absolute atomic E-state index is 0.0478. The molecule has 1 aliphatic heterocycles. The summed E-state index contributed by atoms with van der Waals surface area (Å²) in [6, 6.07) is 14.3. The summed E-state index contributed by atoms with van der Waals surface area (Å²) in [4.78, 5) is 35.4. The lowest BCUT2D eigenvalue weighted by molar-refractivity contribution is -0.125. The van der Waals surface area contributed by atoms with E-state index in [-0.39, 0.29) is 23.2 Å². The summed E-state index contributed by atoms with van der Waals surface area (Å²) in [6.45, 7) is 3.60. The van der Waals surface area contributed by atoms with Gasteiger partial charge in [-0.2, -0.15) is 0 Å². The van der Waals surface area contributed by atoms with Crippen molar-refractivity contribution >= 4 is 33.4 Å². The Bertz CT molecular complexity index is 1380. The van der Waals surface area contributed by atoms with Gasteiger partial charge in [-0.05, 0) is 43.0 Å². The van der Waals surface area contributed by atoms with Crippen LogP contribution in [0.4, 0.5) is 10.3 Å². The molecule has 0 radical (unpaired) electrons. The molecule has 1 amide bonds. The van der Waals surface area contributed by atoms with Crippen molar-refractivity contribution in [2.45, 2.75) is 26.3 Å². The number of nitrogens with zero attached hydrogens (tertiary/aromatic N) is 2. The van der Waals surface area contributed by atoms with Crippen LogP contribution in [0.5, 0.6) is 0 Å². The van der Waals surface area contributed by atoms with Crippen molar-refractivity contribution < 1.29 is 9.18 Å². The van der Waals surface area contributed by atoms with Gasteiger partial charge < -0.3 is 10.2 Å². The molecular formula is C26H25FN4O2S. The van der Waals surface area contributed by atoms with Crippen LogP contribution >= 0.6 is 11.3 Å². The summed E-state index contributed by atoms with van der Waals surface area (Å²) in [6.07, 6.45) is 1.59. The van der Waals surface area contributed by atoms with Gasteiger partial charge in [0.2, 0.25) is 11.9 Å². The zero-order chi connectivity index (χ0) is 23.7. The SMILES string of the molecule is Cc1ccc(-c2csc3c(=O)[nH]c(N4CCC[C@@H](C(=O)NCc5ccc(F)cc5)C4)nc23)cc1. The number of carbonyl (C=O) groups is 1. The van der Waals surface area contributed by atoms with Gasteiger partial charge in [-0.25, -0.2) is 9.37 Å². The molecule has 2 aromatic heterocycles. The summed E-state index contributed by atoms with van der Waals surface area (Å²) in [5.41, 5.74) is 4.52. The summed E-state index contributed by atoms with van der Waals surface area (Å²) in [7, 11) is 0. The second-order valence-electron chi connectivity index (χ2n) is 8.71. The molecule has 5 rings (SSSR count). The van der Waals surface area contributed by atoms with Gasteiger partial charge in [-0.3, -0.25) is 14.6 Å². The van der Waals surface area contributed by atoms with E-state index in [9.17, 15) is 14.0 Å². The van der Waals surface area contributed by atoms with Crippen molar-refractivity contribution in [3.8, 4) is 11.1 Å². The molecule has 1 aliphatic rings. The molecule has 0 bridgehead atoms. The first-order chi connectivity index (χ1) is 16.5. The van der Waals surface area contributed by atoms with Crippen LogP contribution in [0.25, 0.3) is 21.3 Å². The molecule has 0 aliphatic carbocycles. The maximum absolute atomic E-state index is 13.1. The molecular weight excluding hydrogens is 451 g/mol. The van der Waals surface area contributed by atoms with Gasteiger partial charge in [0.1, 0.15) is 10.5 Å². The van der Waals surface area contributed by atoms with Crippen LogP contribution in [0.1, 0.15) is 24.0 Å². The maximum atomic E-state index is 13.1. The summed E-state index contributed by atoms with van der Waals surface area (Å²) >= 11 is 1.39. The lowest BCUT2D eigenvalue weighted by atomic mass is 9.97. The topological polar surface area (TPSA) is 78.1 Å². The van der Waals surface area contributed by atoms with Crippen molar-refractivity contribution in [3.63, 3.8) is 0 Å². The average molecular weight is 477 g/mol. The van der Waals surface area contributed by atoms with Crippen molar-refractivity contribution in [3.05, 3.63) is 81.2 Å². The third kappa shape index (κ3) is 4.59. The molecule has 174 valence electrons. The standard InChI is InChI=1S/C26H25FN4O2S/c1-16-4-8-18(9-5-16)21-15-34-23-22(21)29-26(30-25(23)33)31-12-2-3-19(14-31)24(32)28-13-17-6-10-20(27)11-7-17/h4-11,15,19H,2-3,12-14H2,1H3,(H,28,32)(H,29,30,33)/t19-/m1/s1. The van der Waals surface area contributed by atoms with Crippen molar-refractivity contribution in [2.24, 2.45) is 5.92 Å². The average Bonchev–Trinajstić information content (AvgIpc) is 3.29. The molecule has 1 saturated heterocycles. The van der Waals surface area contributed by atoms with Gasteiger partial charge in [0.15, 0.2) is 0 Å². The summed E-state index contributed by atoms with van der Waals surface area (Å²) < 4.78 is 13.7. The quantitative estimate of drug-likeness (QED) is 0.440. The molecule has 8 heteroatoms. The van der Waals surface area contributed by atoms with Crippen molar-refractivity contribution in [2.75, 3.05) is 18.0 Å². The van der Waals surface area contributed by atoms with E-state index >= 15 is 0 Å². The maximum Gasteiger partial charge on any atom is 0.270 e. The minimum Gasteiger partial charge on any atom is -0.352 e. The Balaban J connectivity index is 1.35. The van der Waals surface area contributed by atoms with Gasteiger partial charge in [-0.15, -0.1) is 11.3 Å². The number of benzene rings is 2. The van der Waals surface area contributed by atoms with Crippen LogP contribution in [0.3, 0.4) is 0 Å². The largest absolute Gasteiger partial charge is 0.352 e. The molecule has 0 saturated carbocycles. The normalized spacial score (nSPS) is 16.1. The highest BCUT2D eigenvalue weighted by Gasteiger charge is 2.27. The fourth-order valence-electron chi connectivity index (χ4n) is 4.32. The molecule has 2 N–H and O–H groups in total. The van der Waals surface area contributed by atoms with E-state index in [1.807, 2.05) is 41.5 Å². The van der Waals surface area contributed by atoms with E-state index in [4.69, 9.17) is 4.98 Å². The lowest BCUT2D eigenvalue weighted by Gasteiger charge is -2.32. The molecule has 3 heterocycles. The van der Waals surface area contributed by atoms with Crippen LogP contribution in [0, 0.1) is 18.7 Å². The van der Waals surface area contributed by atoms with E-state index in [1.54, 1.807) is 12.1 Å². The Kier molecular flexibility index (Phi) is 6.15. The molecule has 2 aromatic carbocycles. The van der Waals surface area contributed by atoms with Crippen LogP contribution in [-0.4, -0.2) is 29.0 Å². The number of nitrogens with one attached hydrogen (secondary N) is 2. The third-order valence-electron chi connectivity index (χ3n) is 6.25. The van der Waals surface area contributed by atoms with Gasteiger partial charge in [0, 0.05) is 30.6 Å². The Morgan fingerprint density at radius 1 is 1.21 bits per heavy atom. The number of fused-ring (bicyclic) bond motifs is 1. The molecule has 0 unspecified atom stereocenters. The Morgan fingerprint density at radius 3 is 2.74 bits per heavy atom. The molecule has 6 nitrogen and oxygen atoms in total. The van der Waals surface area contributed by atoms with E-state index < -0.39 is 0 Å². The van der Waals surface area contributed by atoms with E-state index in [2.05, 4.69) is 10.3 Å². The highest BCUT2D eigenvalue weighted by Crippen LogP contribution is 2.32. The number of anilines is 1. The fraction of sp³-hybridized carbons (Fsp3) is 0.269. The number of thiophene rings is 1. The summed E-state index contributed by atoms with van der Waals surface area (Å²) in [5.74, 6) is -0.0597. The Labute approximate surface area is 200 Å². The first-order valence-electron chi connectivity index (χ1n) is 11.3. The van der Waals surface area contributed by atoms with Gasteiger partial charge >= 0.3 is 0 Å². The number of piperidine rings is 1.